The predicted octanol–water partition coefficient (Wildman–Crippen LogP) is 3.94. The van der Waals surface area contributed by atoms with Crippen molar-refractivity contribution in [3.8, 4) is 0 Å². The summed E-state index contributed by atoms with van der Waals surface area (Å²) < 4.78 is 0.888. The average Bonchev–Trinajstić information content (AvgIpc) is 2.32. The van der Waals surface area contributed by atoms with Crippen molar-refractivity contribution in [1.29, 1.82) is 0 Å². The molecule has 2 rings (SSSR count). The summed E-state index contributed by atoms with van der Waals surface area (Å²) in [5.41, 5.74) is 7.19. The molecule has 92 valence electrons. The van der Waals surface area contributed by atoms with Gasteiger partial charge in [0.25, 0.3) is 5.91 Å². The molecular weight excluding hydrogens is 316 g/mol. The van der Waals surface area contributed by atoms with Gasteiger partial charge in [-0.1, -0.05) is 33.6 Å². The standard InChI is InChI=1S/C13H10BrClN2O/c14-8-2-1-3-10(6-8)17-13(18)11-7-9(15)4-5-12(11)16/h1-7H,16H2,(H,17,18). The van der Waals surface area contributed by atoms with Crippen LogP contribution in [0.5, 0.6) is 0 Å². The lowest BCUT2D eigenvalue weighted by Crippen LogP contribution is -2.13. The molecule has 0 heterocycles. The highest BCUT2D eigenvalue weighted by Crippen LogP contribution is 2.21. The van der Waals surface area contributed by atoms with Crippen LogP contribution in [-0.2, 0) is 0 Å². The van der Waals surface area contributed by atoms with Crippen molar-refractivity contribution in [2.75, 3.05) is 11.1 Å². The number of rotatable bonds is 2. The van der Waals surface area contributed by atoms with Crippen molar-refractivity contribution in [2.45, 2.75) is 0 Å². The molecule has 2 aromatic rings. The van der Waals surface area contributed by atoms with E-state index in [4.69, 9.17) is 17.3 Å². The first-order chi connectivity index (χ1) is 8.56. The second-order valence-corrected chi connectivity index (χ2v) is 5.05. The molecule has 2 aromatic carbocycles. The molecule has 3 nitrogen and oxygen atoms in total. The highest BCUT2D eigenvalue weighted by atomic mass is 79.9. The Kier molecular flexibility index (Phi) is 3.89. The second kappa shape index (κ2) is 5.42. The number of nitrogens with two attached hydrogens (primary N) is 1. The Morgan fingerprint density at radius 2 is 2.00 bits per heavy atom. The molecule has 18 heavy (non-hydrogen) atoms. The highest BCUT2D eigenvalue weighted by Gasteiger charge is 2.10. The monoisotopic (exact) mass is 324 g/mol. The summed E-state index contributed by atoms with van der Waals surface area (Å²) in [6, 6.07) is 12.1. The molecule has 0 aliphatic carbocycles. The lowest BCUT2D eigenvalue weighted by Gasteiger charge is -2.08. The van der Waals surface area contributed by atoms with Crippen LogP contribution in [0.2, 0.25) is 5.02 Å². The maximum Gasteiger partial charge on any atom is 0.257 e. The van der Waals surface area contributed by atoms with Gasteiger partial charge in [-0.05, 0) is 36.4 Å². The molecular formula is C13H10BrClN2O. The molecule has 5 heteroatoms. The van der Waals surface area contributed by atoms with Gasteiger partial charge in [0.2, 0.25) is 0 Å². The third-order valence-corrected chi connectivity index (χ3v) is 3.07. The van der Waals surface area contributed by atoms with Crippen LogP contribution in [0.1, 0.15) is 10.4 Å². The summed E-state index contributed by atoms with van der Waals surface area (Å²) in [5.74, 6) is -0.284. The van der Waals surface area contributed by atoms with Gasteiger partial charge < -0.3 is 11.1 Å². The second-order valence-electron chi connectivity index (χ2n) is 3.70. The molecule has 0 fully saturated rings. The fourth-order valence-electron chi connectivity index (χ4n) is 1.49. The number of anilines is 2. The van der Waals surface area contributed by atoms with E-state index in [0.717, 1.165) is 4.47 Å². The summed E-state index contributed by atoms with van der Waals surface area (Å²) >= 11 is 9.18. The van der Waals surface area contributed by atoms with Crippen molar-refractivity contribution < 1.29 is 4.79 Å². The Balaban J connectivity index is 2.24. The Bertz CT molecular complexity index is 601. The van der Waals surface area contributed by atoms with Crippen LogP contribution in [0, 0.1) is 0 Å². The molecule has 3 N–H and O–H groups in total. The number of amides is 1. The summed E-state index contributed by atoms with van der Waals surface area (Å²) in [4.78, 5) is 12.0. The van der Waals surface area contributed by atoms with Gasteiger partial charge in [0, 0.05) is 20.9 Å². The van der Waals surface area contributed by atoms with Crippen LogP contribution >= 0.6 is 27.5 Å². The van der Waals surface area contributed by atoms with Gasteiger partial charge >= 0.3 is 0 Å². The van der Waals surface area contributed by atoms with Crippen LogP contribution in [0.3, 0.4) is 0 Å². The number of carbonyl (C=O) groups excluding carboxylic acids is 1. The van der Waals surface area contributed by atoms with Gasteiger partial charge in [-0.2, -0.15) is 0 Å². The van der Waals surface area contributed by atoms with Gasteiger partial charge in [0.1, 0.15) is 0 Å². The molecule has 0 aliphatic heterocycles. The van der Waals surface area contributed by atoms with Crippen LogP contribution in [0.15, 0.2) is 46.9 Å². The van der Waals surface area contributed by atoms with E-state index in [1.165, 1.54) is 0 Å². The topological polar surface area (TPSA) is 55.1 Å². The molecule has 0 aliphatic rings. The van der Waals surface area contributed by atoms with Gasteiger partial charge in [-0.25, -0.2) is 0 Å². The average molecular weight is 326 g/mol. The van der Waals surface area contributed by atoms with Crippen molar-refractivity contribution in [3.63, 3.8) is 0 Å². The fraction of sp³-hybridized carbons (Fsp3) is 0. The minimum Gasteiger partial charge on any atom is -0.398 e. The van der Waals surface area contributed by atoms with Gasteiger partial charge in [-0.15, -0.1) is 0 Å². The van der Waals surface area contributed by atoms with Crippen LogP contribution < -0.4 is 11.1 Å². The van der Waals surface area contributed by atoms with E-state index < -0.39 is 0 Å². The van der Waals surface area contributed by atoms with E-state index >= 15 is 0 Å². The minimum absolute atomic E-state index is 0.284. The molecule has 0 radical (unpaired) electrons. The van der Waals surface area contributed by atoms with E-state index in [1.54, 1.807) is 30.3 Å². The lowest BCUT2D eigenvalue weighted by molar-refractivity contribution is 0.102. The number of hydrogen-bond donors (Lipinski definition) is 2. The molecule has 0 atom stereocenters. The Morgan fingerprint density at radius 1 is 1.22 bits per heavy atom. The number of nitrogens with one attached hydrogen (secondary N) is 1. The van der Waals surface area contributed by atoms with E-state index in [0.29, 0.717) is 22.0 Å². The molecule has 0 aromatic heterocycles. The van der Waals surface area contributed by atoms with E-state index in [2.05, 4.69) is 21.2 Å². The first-order valence-electron chi connectivity index (χ1n) is 5.18. The van der Waals surface area contributed by atoms with Crippen molar-refractivity contribution in [1.82, 2.24) is 0 Å². The Morgan fingerprint density at radius 3 is 2.72 bits per heavy atom. The molecule has 0 spiro atoms. The van der Waals surface area contributed by atoms with Crippen LogP contribution in [0.4, 0.5) is 11.4 Å². The summed E-state index contributed by atoms with van der Waals surface area (Å²) in [7, 11) is 0. The third kappa shape index (κ3) is 3.03. The van der Waals surface area contributed by atoms with E-state index in [-0.39, 0.29) is 5.91 Å². The Hall–Kier alpha value is -1.52. The molecule has 0 saturated heterocycles. The number of hydrogen-bond acceptors (Lipinski definition) is 2. The molecule has 1 amide bonds. The number of halogens is 2. The van der Waals surface area contributed by atoms with Crippen molar-refractivity contribution in [3.05, 3.63) is 57.5 Å². The minimum atomic E-state index is -0.284. The quantitative estimate of drug-likeness (QED) is 0.822. The number of benzene rings is 2. The summed E-state index contributed by atoms with van der Waals surface area (Å²) in [6.45, 7) is 0. The molecule has 0 bridgehead atoms. The SMILES string of the molecule is Nc1ccc(Cl)cc1C(=O)Nc1cccc(Br)c1. The Labute approximate surface area is 118 Å². The zero-order valence-electron chi connectivity index (χ0n) is 9.28. The fourth-order valence-corrected chi connectivity index (χ4v) is 2.06. The first-order valence-corrected chi connectivity index (χ1v) is 6.35. The summed E-state index contributed by atoms with van der Waals surface area (Å²) in [6.07, 6.45) is 0. The number of nitrogen functional groups attached to an aromatic ring is 1. The molecule has 0 unspecified atom stereocenters. The largest absolute Gasteiger partial charge is 0.398 e. The van der Waals surface area contributed by atoms with Crippen molar-refractivity contribution in [2.24, 2.45) is 0 Å². The predicted molar refractivity (Wildman–Crippen MR) is 78.0 cm³/mol. The summed E-state index contributed by atoms with van der Waals surface area (Å²) in [5, 5.41) is 3.24. The lowest BCUT2D eigenvalue weighted by atomic mass is 10.1. The van der Waals surface area contributed by atoms with Gasteiger partial charge in [0.15, 0.2) is 0 Å². The zero-order chi connectivity index (χ0) is 13.1. The normalized spacial score (nSPS) is 10.1. The van der Waals surface area contributed by atoms with Crippen molar-refractivity contribution >= 4 is 44.8 Å². The van der Waals surface area contributed by atoms with E-state index in [1.807, 2.05) is 12.1 Å². The highest BCUT2D eigenvalue weighted by molar-refractivity contribution is 9.10. The van der Waals surface area contributed by atoms with Gasteiger partial charge in [0.05, 0.1) is 5.56 Å². The zero-order valence-corrected chi connectivity index (χ0v) is 11.6. The van der Waals surface area contributed by atoms with Crippen LogP contribution in [-0.4, -0.2) is 5.91 Å². The smallest absolute Gasteiger partial charge is 0.257 e. The van der Waals surface area contributed by atoms with Gasteiger partial charge in [-0.3, -0.25) is 4.79 Å². The maximum atomic E-state index is 12.0. The maximum absolute atomic E-state index is 12.0. The third-order valence-electron chi connectivity index (χ3n) is 2.34. The first kappa shape index (κ1) is 12.9. The van der Waals surface area contributed by atoms with Crippen LogP contribution in [0.25, 0.3) is 0 Å². The molecule has 0 saturated carbocycles. The van der Waals surface area contributed by atoms with E-state index in [9.17, 15) is 4.79 Å². The number of carbonyl (C=O) groups is 1.